The number of halogens is 1. The first-order valence-electron chi connectivity index (χ1n) is 6.38. The SMILES string of the molecule is CN(Cc1cc(O)cc(F)c1)CC1CCOCC1. The number of ether oxygens (including phenoxy) is 1. The number of phenolic OH excluding ortho intramolecular Hbond substituents is 1. The highest BCUT2D eigenvalue weighted by atomic mass is 19.1. The summed E-state index contributed by atoms with van der Waals surface area (Å²) in [7, 11) is 2.03. The van der Waals surface area contributed by atoms with Gasteiger partial charge in [-0.2, -0.15) is 0 Å². The fraction of sp³-hybridized carbons (Fsp3) is 0.571. The maximum absolute atomic E-state index is 13.1. The summed E-state index contributed by atoms with van der Waals surface area (Å²) in [6.07, 6.45) is 2.19. The molecule has 0 atom stereocenters. The van der Waals surface area contributed by atoms with Gasteiger partial charge in [-0.1, -0.05) is 0 Å². The second kappa shape index (κ2) is 6.16. The van der Waals surface area contributed by atoms with Crippen LogP contribution in [0.25, 0.3) is 0 Å². The molecule has 1 aromatic carbocycles. The first-order chi connectivity index (χ1) is 8.63. The van der Waals surface area contributed by atoms with Gasteiger partial charge in [0, 0.05) is 32.4 Å². The summed E-state index contributed by atoms with van der Waals surface area (Å²) in [6.45, 7) is 3.34. The summed E-state index contributed by atoms with van der Waals surface area (Å²) in [5.74, 6) is 0.264. The molecule has 3 nitrogen and oxygen atoms in total. The Morgan fingerprint density at radius 1 is 1.33 bits per heavy atom. The van der Waals surface area contributed by atoms with Crippen molar-refractivity contribution < 1.29 is 14.2 Å². The first kappa shape index (κ1) is 13.3. The van der Waals surface area contributed by atoms with Gasteiger partial charge in [0.2, 0.25) is 0 Å². The second-order valence-corrected chi connectivity index (χ2v) is 5.07. The molecular formula is C14H20FNO2. The van der Waals surface area contributed by atoms with E-state index in [-0.39, 0.29) is 11.6 Å². The second-order valence-electron chi connectivity index (χ2n) is 5.07. The third kappa shape index (κ3) is 3.96. The lowest BCUT2D eigenvalue weighted by Crippen LogP contribution is -2.29. The summed E-state index contributed by atoms with van der Waals surface area (Å²) in [4.78, 5) is 2.17. The standard InChI is InChI=1S/C14H20FNO2/c1-16(9-11-2-4-18-5-3-11)10-12-6-13(15)8-14(17)7-12/h6-8,11,17H,2-5,9-10H2,1H3. The summed E-state index contributed by atoms with van der Waals surface area (Å²) in [6, 6.07) is 4.21. The number of aromatic hydroxyl groups is 1. The molecule has 4 heteroatoms. The molecule has 1 fully saturated rings. The van der Waals surface area contributed by atoms with Crippen LogP contribution < -0.4 is 0 Å². The van der Waals surface area contributed by atoms with Gasteiger partial charge in [-0.05, 0) is 43.5 Å². The van der Waals surface area contributed by atoms with Crippen molar-refractivity contribution in [2.45, 2.75) is 19.4 Å². The van der Waals surface area contributed by atoms with E-state index in [4.69, 9.17) is 4.74 Å². The van der Waals surface area contributed by atoms with Crippen LogP contribution in [0.1, 0.15) is 18.4 Å². The Bertz CT molecular complexity index is 371. The van der Waals surface area contributed by atoms with Crippen LogP contribution in [-0.2, 0) is 11.3 Å². The van der Waals surface area contributed by atoms with E-state index in [0.29, 0.717) is 12.5 Å². The monoisotopic (exact) mass is 253 g/mol. The quantitative estimate of drug-likeness (QED) is 0.894. The van der Waals surface area contributed by atoms with Gasteiger partial charge < -0.3 is 14.7 Å². The molecule has 0 amide bonds. The molecule has 0 bridgehead atoms. The Balaban J connectivity index is 1.87. The van der Waals surface area contributed by atoms with Crippen molar-refractivity contribution in [2.75, 3.05) is 26.8 Å². The smallest absolute Gasteiger partial charge is 0.127 e. The molecule has 100 valence electrons. The molecule has 1 saturated heterocycles. The van der Waals surface area contributed by atoms with E-state index in [1.165, 1.54) is 6.07 Å². The molecule has 18 heavy (non-hydrogen) atoms. The van der Waals surface area contributed by atoms with Crippen LogP contribution >= 0.6 is 0 Å². The summed E-state index contributed by atoms with van der Waals surface area (Å²) in [5, 5.41) is 9.35. The molecule has 0 aromatic heterocycles. The maximum atomic E-state index is 13.1. The lowest BCUT2D eigenvalue weighted by Gasteiger charge is -2.27. The molecule has 0 aliphatic carbocycles. The van der Waals surface area contributed by atoms with Gasteiger partial charge >= 0.3 is 0 Å². The molecule has 1 heterocycles. The van der Waals surface area contributed by atoms with Crippen molar-refractivity contribution in [3.8, 4) is 5.75 Å². The van der Waals surface area contributed by atoms with Crippen molar-refractivity contribution in [1.82, 2.24) is 4.90 Å². The third-order valence-electron chi connectivity index (χ3n) is 3.31. The van der Waals surface area contributed by atoms with Crippen LogP contribution in [0, 0.1) is 11.7 Å². The highest BCUT2D eigenvalue weighted by Gasteiger charge is 2.16. The number of phenols is 1. The molecule has 1 N–H and O–H groups in total. The minimum Gasteiger partial charge on any atom is -0.508 e. The predicted molar refractivity (Wildman–Crippen MR) is 67.9 cm³/mol. The summed E-state index contributed by atoms with van der Waals surface area (Å²) < 4.78 is 18.5. The van der Waals surface area contributed by atoms with E-state index in [2.05, 4.69) is 4.90 Å². The van der Waals surface area contributed by atoms with Gasteiger partial charge in [0.1, 0.15) is 11.6 Å². The van der Waals surface area contributed by atoms with Crippen LogP contribution in [0.3, 0.4) is 0 Å². The Hall–Kier alpha value is -1.13. The molecule has 2 rings (SSSR count). The van der Waals surface area contributed by atoms with E-state index in [0.717, 1.165) is 44.2 Å². The Morgan fingerprint density at radius 2 is 2.06 bits per heavy atom. The Morgan fingerprint density at radius 3 is 2.72 bits per heavy atom. The maximum Gasteiger partial charge on any atom is 0.127 e. The van der Waals surface area contributed by atoms with Crippen molar-refractivity contribution in [1.29, 1.82) is 0 Å². The van der Waals surface area contributed by atoms with Crippen molar-refractivity contribution in [3.05, 3.63) is 29.6 Å². The summed E-state index contributed by atoms with van der Waals surface area (Å²) in [5.41, 5.74) is 0.807. The highest BCUT2D eigenvalue weighted by molar-refractivity contribution is 5.28. The zero-order valence-corrected chi connectivity index (χ0v) is 10.7. The first-order valence-corrected chi connectivity index (χ1v) is 6.38. The van der Waals surface area contributed by atoms with E-state index < -0.39 is 0 Å². The Labute approximate surface area is 107 Å². The summed E-state index contributed by atoms with van der Waals surface area (Å²) >= 11 is 0. The molecule has 0 unspecified atom stereocenters. The number of hydrogen-bond donors (Lipinski definition) is 1. The molecule has 0 spiro atoms. The van der Waals surface area contributed by atoms with Gasteiger partial charge in [-0.15, -0.1) is 0 Å². The van der Waals surface area contributed by atoms with Gasteiger partial charge in [-0.3, -0.25) is 0 Å². The van der Waals surface area contributed by atoms with Gasteiger partial charge in [0.05, 0.1) is 0 Å². The average Bonchev–Trinajstić information content (AvgIpc) is 2.28. The normalized spacial score (nSPS) is 17.3. The molecule has 0 saturated carbocycles. The molecule has 1 aromatic rings. The fourth-order valence-electron chi connectivity index (χ4n) is 2.47. The van der Waals surface area contributed by atoms with Crippen LogP contribution in [0.5, 0.6) is 5.75 Å². The van der Waals surface area contributed by atoms with Crippen LogP contribution in [0.2, 0.25) is 0 Å². The number of benzene rings is 1. The van der Waals surface area contributed by atoms with E-state index in [1.54, 1.807) is 6.07 Å². The van der Waals surface area contributed by atoms with Crippen LogP contribution in [0.15, 0.2) is 18.2 Å². The lowest BCUT2D eigenvalue weighted by molar-refractivity contribution is 0.0549. The van der Waals surface area contributed by atoms with Crippen molar-refractivity contribution in [3.63, 3.8) is 0 Å². The third-order valence-corrected chi connectivity index (χ3v) is 3.31. The zero-order chi connectivity index (χ0) is 13.0. The van der Waals surface area contributed by atoms with Crippen molar-refractivity contribution >= 4 is 0 Å². The Kier molecular flexibility index (Phi) is 4.55. The van der Waals surface area contributed by atoms with Gasteiger partial charge in [0.15, 0.2) is 0 Å². The molecule has 1 aliphatic rings. The van der Waals surface area contributed by atoms with Crippen LogP contribution in [0.4, 0.5) is 4.39 Å². The number of nitrogens with zero attached hydrogens (tertiary/aromatic N) is 1. The lowest BCUT2D eigenvalue weighted by atomic mass is 10.00. The number of hydrogen-bond acceptors (Lipinski definition) is 3. The highest BCUT2D eigenvalue weighted by Crippen LogP contribution is 2.19. The van der Waals surface area contributed by atoms with E-state index in [1.807, 2.05) is 7.05 Å². The zero-order valence-electron chi connectivity index (χ0n) is 10.7. The predicted octanol–water partition coefficient (Wildman–Crippen LogP) is 2.39. The topological polar surface area (TPSA) is 32.7 Å². The number of rotatable bonds is 4. The van der Waals surface area contributed by atoms with Gasteiger partial charge in [-0.25, -0.2) is 4.39 Å². The van der Waals surface area contributed by atoms with Crippen molar-refractivity contribution in [2.24, 2.45) is 5.92 Å². The fourth-order valence-corrected chi connectivity index (χ4v) is 2.47. The van der Waals surface area contributed by atoms with E-state index in [9.17, 15) is 9.50 Å². The molecule has 1 aliphatic heterocycles. The van der Waals surface area contributed by atoms with Gasteiger partial charge in [0.25, 0.3) is 0 Å². The minimum atomic E-state index is -0.385. The molecular weight excluding hydrogens is 233 g/mol. The largest absolute Gasteiger partial charge is 0.508 e. The van der Waals surface area contributed by atoms with E-state index >= 15 is 0 Å². The minimum absolute atomic E-state index is 0.00975. The van der Waals surface area contributed by atoms with Crippen LogP contribution in [-0.4, -0.2) is 36.8 Å². The average molecular weight is 253 g/mol. The molecule has 0 radical (unpaired) electrons.